The lowest BCUT2D eigenvalue weighted by molar-refractivity contribution is -0.143. The molecular formula is C32H35F2N3O4. The summed E-state index contributed by atoms with van der Waals surface area (Å²) in [6, 6.07) is 11.6. The van der Waals surface area contributed by atoms with E-state index in [2.05, 4.69) is 10.6 Å². The van der Waals surface area contributed by atoms with Gasteiger partial charge < -0.3 is 14.2 Å². The molecule has 3 fully saturated rings. The zero-order chi connectivity index (χ0) is 28.5. The second-order valence-electron chi connectivity index (χ2n) is 12.4. The monoisotopic (exact) mass is 563 g/mol. The number of hydrogen-bond donors (Lipinski definition) is 2. The highest BCUT2D eigenvalue weighted by Gasteiger charge is 2.64. The molecule has 1 aromatic heterocycles. The van der Waals surface area contributed by atoms with Gasteiger partial charge in [-0.05, 0) is 66.6 Å². The van der Waals surface area contributed by atoms with E-state index in [1.807, 2.05) is 24.3 Å². The summed E-state index contributed by atoms with van der Waals surface area (Å²) in [5, 5.41) is 10.4. The summed E-state index contributed by atoms with van der Waals surface area (Å²) >= 11 is 0. The first-order chi connectivity index (χ1) is 19.8. The summed E-state index contributed by atoms with van der Waals surface area (Å²) < 4.78 is 35.8. The number of carbonyl (C=O) groups excluding carboxylic acids is 2. The predicted octanol–water partition coefficient (Wildman–Crippen LogP) is 6.23. The third kappa shape index (κ3) is 4.15. The highest BCUT2D eigenvalue weighted by atomic mass is 19.3. The maximum absolute atomic E-state index is 14.3. The van der Waals surface area contributed by atoms with Crippen LogP contribution in [0.15, 0.2) is 36.4 Å². The van der Waals surface area contributed by atoms with Gasteiger partial charge in [-0.15, -0.1) is 0 Å². The van der Waals surface area contributed by atoms with Gasteiger partial charge >= 0.3 is 0 Å². The quantitative estimate of drug-likeness (QED) is 0.291. The minimum Gasteiger partial charge on any atom is -0.497 e. The molecule has 3 heterocycles. The molecule has 1 saturated heterocycles. The van der Waals surface area contributed by atoms with Gasteiger partial charge in [0.2, 0.25) is 5.91 Å². The molecular weight excluding hydrogens is 528 g/mol. The molecule has 2 atom stereocenters. The van der Waals surface area contributed by atoms with Crippen molar-refractivity contribution >= 4 is 22.7 Å². The van der Waals surface area contributed by atoms with Crippen molar-refractivity contribution in [2.75, 3.05) is 20.2 Å². The number of fused-ring (bicyclic) bond motifs is 7. The van der Waals surface area contributed by atoms with E-state index in [0.29, 0.717) is 24.4 Å². The average molecular weight is 564 g/mol. The van der Waals surface area contributed by atoms with Crippen LogP contribution in [-0.2, 0) is 11.3 Å². The number of carbonyl (C=O) groups is 2. The maximum atomic E-state index is 14.3. The Bertz CT molecular complexity index is 1550. The fourth-order valence-electron chi connectivity index (χ4n) is 7.84. The van der Waals surface area contributed by atoms with E-state index in [1.54, 1.807) is 23.6 Å². The van der Waals surface area contributed by atoms with E-state index in [0.717, 1.165) is 59.2 Å². The lowest BCUT2D eigenvalue weighted by atomic mass is 9.81. The lowest BCUT2D eigenvalue weighted by Crippen LogP contribution is -2.47. The van der Waals surface area contributed by atoms with Gasteiger partial charge in [0, 0.05) is 60.4 Å². The van der Waals surface area contributed by atoms with Crippen LogP contribution in [0.5, 0.6) is 5.75 Å². The number of alkyl halides is 2. The van der Waals surface area contributed by atoms with Crippen LogP contribution < -0.4 is 10.2 Å². The second kappa shape index (κ2) is 9.54. The molecule has 4 aliphatic rings. The molecule has 9 heteroatoms. The van der Waals surface area contributed by atoms with Crippen molar-refractivity contribution < 1.29 is 28.3 Å². The Morgan fingerprint density at radius 1 is 1.05 bits per heavy atom. The van der Waals surface area contributed by atoms with Crippen LogP contribution in [0.1, 0.15) is 84.7 Å². The SMILES string of the molecule is COc1ccc2c(c1)C1CC1(C(=O)N1CCC(F)(F)CC1)Cn1c-2c(C2CCCCC2)c2ccc(C(=O)NO)cc21. The van der Waals surface area contributed by atoms with Gasteiger partial charge in [0.1, 0.15) is 5.75 Å². The summed E-state index contributed by atoms with van der Waals surface area (Å²) in [5.41, 5.74) is 6.64. The molecule has 2 aliphatic carbocycles. The molecule has 2 unspecified atom stereocenters. The number of hydroxylamine groups is 1. The zero-order valence-electron chi connectivity index (χ0n) is 23.2. The highest BCUT2D eigenvalue weighted by Crippen LogP contribution is 2.66. The van der Waals surface area contributed by atoms with Crippen LogP contribution in [0.4, 0.5) is 8.78 Å². The van der Waals surface area contributed by atoms with Crippen molar-refractivity contribution in [2.24, 2.45) is 5.41 Å². The van der Waals surface area contributed by atoms with Gasteiger partial charge in [0.15, 0.2) is 0 Å². The molecule has 2 amide bonds. The van der Waals surface area contributed by atoms with Gasteiger partial charge in [0.05, 0.1) is 18.2 Å². The highest BCUT2D eigenvalue weighted by molar-refractivity contribution is 6.01. The van der Waals surface area contributed by atoms with Crippen molar-refractivity contribution in [3.05, 3.63) is 53.1 Å². The molecule has 41 heavy (non-hydrogen) atoms. The normalized spacial score (nSPS) is 25.1. The number of amides is 2. The molecule has 3 aromatic rings. The van der Waals surface area contributed by atoms with Crippen molar-refractivity contribution in [1.82, 2.24) is 14.9 Å². The van der Waals surface area contributed by atoms with E-state index in [9.17, 15) is 23.6 Å². The number of aromatic nitrogens is 1. The van der Waals surface area contributed by atoms with Crippen LogP contribution in [0.3, 0.4) is 0 Å². The smallest absolute Gasteiger partial charge is 0.274 e. The molecule has 2 aliphatic heterocycles. The number of methoxy groups -OCH3 is 1. The Morgan fingerprint density at radius 3 is 2.51 bits per heavy atom. The molecule has 7 rings (SSSR count). The van der Waals surface area contributed by atoms with Crippen LogP contribution >= 0.6 is 0 Å². The summed E-state index contributed by atoms with van der Waals surface area (Å²) in [6.45, 7) is 0.514. The molecule has 7 nitrogen and oxygen atoms in total. The zero-order valence-corrected chi connectivity index (χ0v) is 23.2. The number of ether oxygens (including phenoxy) is 1. The Balaban J connectivity index is 1.44. The van der Waals surface area contributed by atoms with Gasteiger partial charge in [-0.2, -0.15) is 0 Å². The third-order valence-electron chi connectivity index (χ3n) is 10.1. The van der Waals surface area contributed by atoms with Gasteiger partial charge in [-0.25, -0.2) is 14.3 Å². The van der Waals surface area contributed by atoms with E-state index < -0.39 is 17.2 Å². The number of piperidine rings is 1. The number of likely N-dealkylation sites (tertiary alicyclic amines) is 1. The number of rotatable bonds is 4. The van der Waals surface area contributed by atoms with Crippen LogP contribution in [0, 0.1) is 5.41 Å². The first kappa shape index (κ1) is 26.4. The van der Waals surface area contributed by atoms with E-state index >= 15 is 0 Å². The molecule has 2 saturated carbocycles. The molecule has 0 radical (unpaired) electrons. The summed E-state index contributed by atoms with van der Waals surface area (Å²) in [7, 11) is 1.63. The van der Waals surface area contributed by atoms with Crippen LogP contribution in [0.25, 0.3) is 22.2 Å². The summed E-state index contributed by atoms with van der Waals surface area (Å²) in [6.07, 6.45) is 5.68. The van der Waals surface area contributed by atoms with Crippen LogP contribution in [0.2, 0.25) is 0 Å². The van der Waals surface area contributed by atoms with Gasteiger partial charge in [-0.3, -0.25) is 14.8 Å². The minimum atomic E-state index is -2.73. The van der Waals surface area contributed by atoms with Crippen LogP contribution in [-0.4, -0.2) is 52.6 Å². The fourth-order valence-corrected chi connectivity index (χ4v) is 7.84. The Labute approximate surface area is 237 Å². The summed E-state index contributed by atoms with van der Waals surface area (Å²) in [5.74, 6) is -2.38. The number of halogens is 2. The second-order valence-corrected chi connectivity index (χ2v) is 12.4. The molecule has 2 aromatic carbocycles. The van der Waals surface area contributed by atoms with Gasteiger partial charge in [0.25, 0.3) is 11.8 Å². The third-order valence-corrected chi connectivity index (χ3v) is 10.1. The maximum Gasteiger partial charge on any atom is 0.274 e. The topological polar surface area (TPSA) is 83.8 Å². The standard InChI is InChI=1S/C32H35F2N3O4/c1-41-21-8-10-22-24(16-21)25-17-31(25,30(39)36-13-11-32(33,34)12-14-36)18-37-26-15-20(29(38)35-40)7-9-23(26)27(28(22)37)19-5-3-2-4-6-19/h7-10,15-16,19,25,40H,2-6,11-14,17-18H2,1H3,(H,35,38). The lowest BCUT2D eigenvalue weighted by Gasteiger charge is -2.34. The van der Waals surface area contributed by atoms with Crippen molar-refractivity contribution in [2.45, 2.75) is 75.7 Å². The molecule has 2 N–H and O–H groups in total. The number of nitrogens with zero attached hydrogens (tertiary/aromatic N) is 2. The Hall–Kier alpha value is -3.46. The first-order valence-electron chi connectivity index (χ1n) is 14.7. The van der Waals surface area contributed by atoms with E-state index in [-0.39, 0.29) is 37.8 Å². The molecule has 0 bridgehead atoms. The first-order valence-corrected chi connectivity index (χ1v) is 14.7. The van der Waals surface area contributed by atoms with E-state index in [4.69, 9.17) is 4.74 Å². The number of hydrogen-bond acceptors (Lipinski definition) is 4. The summed E-state index contributed by atoms with van der Waals surface area (Å²) in [4.78, 5) is 28.4. The Kier molecular flexibility index (Phi) is 6.15. The van der Waals surface area contributed by atoms with Gasteiger partial charge in [-0.1, -0.05) is 25.3 Å². The molecule has 0 spiro atoms. The van der Waals surface area contributed by atoms with Crippen molar-refractivity contribution in [3.63, 3.8) is 0 Å². The fraction of sp³-hybridized carbons (Fsp3) is 0.500. The number of benzene rings is 2. The van der Waals surface area contributed by atoms with E-state index in [1.165, 1.54) is 12.0 Å². The number of nitrogens with one attached hydrogen (secondary N) is 1. The average Bonchev–Trinajstić information content (AvgIpc) is 3.66. The predicted molar refractivity (Wildman–Crippen MR) is 150 cm³/mol. The van der Waals surface area contributed by atoms with Crippen molar-refractivity contribution in [3.8, 4) is 17.0 Å². The minimum absolute atomic E-state index is 0.0543. The molecule has 216 valence electrons. The largest absolute Gasteiger partial charge is 0.497 e. The Morgan fingerprint density at radius 2 is 1.80 bits per heavy atom. The van der Waals surface area contributed by atoms with Crippen molar-refractivity contribution in [1.29, 1.82) is 0 Å².